The van der Waals surface area contributed by atoms with Gasteiger partial charge in [0, 0.05) is 0 Å². The highest BCUT2D eigenvalue weighted by atomic mass is 16.5. The van der Waals surface area contributed by atoms with Crippen molar-refractivity contribution in [3.63, 3.8) is 0 Å². The molecular weight excluding hydrogens is 272 g/mol. The van der Waals surface area contributed by atoms with Crippen molar-refractivity contribution in [2.24, 2.45) is 0 Å². The summed E-state index contributed by atoms with van der Waals surface area (Å²) in [6.07, 6.45) is 0.0260. The van der Waals surface area contributed by atoms with Crippen molar-refractivity contribution >= 4 is 6.09 Å². The fourth-order valence-corrected chi connectivity index (χ4v) is 2.14. The molecule has 1 unspecified atom stereocenters. The number of hydrogen-bond acceptors (Lipinski definition) is 5. The highest BCUT2D eigenvalue weighted by Gasteiger charge is 2.38. The molecule has 1 aliphatic rings. The maximum Gasteiger partial charge on any atom is 0.408 e. The second kappa shape index (κ2) is 7.07. The van der Waals surface area contributed by atoms with Crippen LogP contribution in [0.1, 0.15) is 18.4 Å². The van der Waals surface area contributed by atoms with Crippen LogP contribution in [0, 0.1) is 11.3 Å². The number of benzene rings is 1. The number of hydrogen-bond donors (Lipinski definition) is 2. The van der Waals surface area contributed by atoms with E-state index in [1.165, 1.54) is 0 Å². The summed E-state index contributed by atoms with van der Waals surface area (Å²) in [6, 6.07) is 11.4. The second-order valence-electron chi connectivity index (χ2n) is 5.03. The predicted molar refractivity (Wildman–Crippen MR) is 74.2 cm³/mol. The predicted octanol–water partition coefficient (Wildman–Crippen LogP) is 1.35. The van der Waals surface area contributed by atoms with Crippen LogP contribution >= 0.6 is 0 Å². The van der Waals surface area contributed by atoms with E-state index in [0.29, 0.717) is 12.8 Å². The maximum absolute atomic E-state index is 11.8. The minimum Gasteiger partial charge on any atom is -0.445 e. The number of amides is 1. The highest BCUT2D eigenvalue weighted by molar-refractivity contribution is 5.69. The first-order chi connectivity index (χ1) is 10.2. The molecule has 0 bridgehead atoms. The molecule has 1 aromatic carbocycles. The average Bonchev–Trinajstić information content (AvgIpc) is 2.54. The molecule has 1 heterocycles. The van der Waals surface area contributed by atoms with E-state index in [1.54, 1.807) is 0 Å². The molecule has 1 amide bonds. The van der Waals surface area contributed by atoms with Crippen molar-refractivity contribution in [2.75, 3.05) is 13.2 Å². The van der Waals surface area contributed by atoms with Crippen molar-refractivity contribution in [3.05, 3.63) is 35.9 Å². The first kappa shape index (κ1) is 15.3. The van der Waals surface area contributed by atoms with E-state index in [0.717, 1.165) is 5.56 Å². The summed E-state index contributed by atoms with van der Waals surface area (Å²) < 4.78 is 10.5. The number of ether oxygens (including phenoxy) is 2. The Hall–Kier alpha value is -2.10. The molecule has 0 saturated carbocycles. The molecule has 0 radical (unpaired) electrons. The normalized spacial score (nSPS) is 24.9. The third-order valence-electron chi connectivity index (χ3n) is 3.43. The van der Waals surface area contributed by atoms with E-state index in [9.17, 15) is 10.1 Å². The van der Waals surface area contributed by atoms with Crippen LogP contribution in [0.3, 0.4) is 0 Å². The summed E-state index contributed by atoms with van der Waals surface area (Å²) in [6.45, 7) is 0.115. The summed E-state index contributed by atoms with van der Waals surface area (Å²) in [5, 5.41) is 20.8. The minimum atomic E-state index is -1.08. The van der Waals surface area contributed by atoms with Gasteiger partial charge in [-0.1, -0.05) is 30.3 Å². The van der Waals surface area contributed by atoms with Gasteiger partial charge in [-0.2, -0.15) is 5.26 Å². The standard InChI is InChI=1S/C15H18N2O4/c16-10-15(7-6-13(8-18)21-11-15)17-14(19)20-9-12-4-2-1-3-5-12/h1-5,13,18H,6-9,11H2,(H,17,19)/t13?,15-/m0/s1. The minimum absolute atomic E-state index is 0.0508. The lowest BCUT2D eigenvalue weighted by molar-refractivity contribution is -0.0470. The van der Waals surface area contributed by atoms with Crippen LogP contribution in [-0.4, -0.2) is 36.1 Å². The molecule has 2 atom stereocenters. The Labute approximate surface area is 123 Å². The molecule has 1 saturated heterocycles. The van der Waals surface area contributed by atoms with Crippen molar-refractivity contribution < 1.29 is 19.4 Å². The molecule has 1 aromatic rings. The van der Waals surface area contributed by atoms with Crippen LogP contribution in [0.15, 0.2) is 30.3 Å². The number of aliphatic hydroxyl groups excluding tert-OH is 1. The summed E-state index contributed by atoms with van der Waals surface area (Å²) in [4.78, 5) is 11.8. The van der Waals surface area contributed by atoms with Gasteiger partial charge in [-0.15, -0.1) is 0 Å². The molecule has 1 fully saturated rings. The van der Waals surface area contributed by atoms with Crippen LogP contribution in [-0.2, 0) is 16.1 Å². The van der Waals surface area contributed by atoms with Crippen LogP contribution in [0.5, 0.6) is 0 Å². The van der Waals surface area contributed by atoms with Crippen molar-refractivity contribution in [1.82, 2.24) is 5.32 Å². The van der Waals surface area contributed by atoms with E-state index < -0.39 is 11.6 Å². The van der Waals surface area contributed by atoms with Crippen LogP contribution in [0.2, 0.25) is 0 Å². The summed E-state index contributed by atoms with van der Waals surface area (Å²) >= 11 is 0. The van der Waals surface area contributed by atoms with Crippen molar-refractivity contribution in [2.45, 2.75) is 31.1 Å². The zero-order valence-electron chi connectivity index (χ0n) is 11.6. The number of nitrogens with one attached hydrogen (secondary N) is 1. The van der Waals surface area contributed by atoms with E-state index in [-0.39, 0.29) is 25.9 Å². The molecule has 112 valence electrons. The third-order valence-corrected chi connectivity index (χ3v) is 3.43. The van der Waals surface area contributed by atoms with Gasteiger partial charge >= 0.3 is 6.09 Å². The fraction of sp³-hybridized carbons (Fsp3) is 0.467. The molecule has 1 aliphatic heterocycles. The Bertz CT molecular complexity index is 504. The van der Waals surface area contributed by atoms with Crippen LogP contribution < -0.4 is 5.32 Å². The van der Waals surface area contributed by atoms with E-state index in [1.807, 2.05) is 30.3 Å². The zero-order valence-corrected chi connectivity index (χ0v) is 11.6. The van der Waals surface area contributed by atoms with Crippen LogP contribution in [0.4, 0.5) is 4.79 Å². The monoisotopic (exact) mass is 290 g/mol. The Balaban J connectivity index is 1.85. The van der Waals surface area contributed by atoms with E-state index in [2.05, 4.69) is 11.4 Å². The van der Waals surface area contributed by atoms with Gasteiger partial charge in [0.15, 0.2) is 5.54 Å². The second-order valence-corrected chi connectivity index (χ2v) is 5.03. The first-order valence-electron chi connectivity index (χ1n) is 6.80. The van der Waals surface area contributed by atoms with Gasteiger partial charge in [-0.05, 0) is 18.4 Å². The lowest BCUT2D eigenvalue weighted by Gasteiger charge is -2.34. The molecule has 0 aromatic heterocycles. The summed E-state index contributed by atoms with van der Waals surface area (Å²) in [5.41, 5.74) is -0.210. The van der Waals surface area contributed by atoms with Gasteiger partial charge in [-0.25, -0.2) is 4.79 Å². The summed E-state index contributed by atoms with van der Waals surface area (Å²) in [7, 11) is 0. The lowest BCUT2D eigenvalue weighted by atomic mass is 9.92. The van der Waals surface area contributed by atoms with E-state index in [4.69, 9.17) is 14.6 Å². The average molecular weight is 290 g/mol. The van der Waals surface area contributed by atoms with Gasteiger partial charge in [0.1, 0.15) is 6.61 Å². The first-order valence-corrected chi connectivity index (χ1v) is 6.80. The molecule has 0 spiro atoms. The Kier molecular flexibility index (Phi) is 5.14. The topological polar surface area (TPSA) is 91.6 Å². The molecule has 2 rings (SSSR count). The number of carbonyl (C=O) groups excluding carboxylic acids is 1. The van der Waals surface area contributed by atoms with Gasteiger partial charge < -0.3 is 19.9 Å². The smallest absolute Gasteiger partial charge is 0.408 e. The number of rotatable bonds is 4. The largest absolute Gasteiger partial charge is 0.445 e. The zero-order chi connectivity index (χ0) is 15.1. The Morgan fingerprint density at radius 3 is 2.86 bits per heavy atom. The molecular formula is C15H18N2O4. The highest BCUT2D eigenvalue weighted by Crippen LogP contribution is 2.22. The van der Waals surface area contributed by atoms with Gasteiger partial charge in [0.2, 0.25) is 0 Å². The van der Waals surface area contributed by atoms with Crippen molar-refractivity contribution in [3.8, 4) is 6.07 Å². The Morgan fingerprint density at radius 1 is 1.52 bits per heavy atom. The Morgan fingerprint density at radius 2 is 2.29 bits per heavy atom. The quantitative estimate of drug-likeness (QED) is 0.873. The summed E-state index contributed by atoms with van der Waals surface area (Å²) in [5.74, 6) is 0. The SMILES string of the molecule is N#C[C@@]1(NC(=O)OCc2ccccc2)CCC(CO)OC1. The van der Waals surface area contributed by atoms with Gasteiger partial charge in [0.05, 0.1) is 25.4 Å². The van der Waals surface area contributed by atoms with Crippen molar-refractivity contribution in [1.29, 1.82) is 5.26 Å². The molecule has 0 aliphatic carbocycles. The number of nitriles is 1. The number of aliphatic hydroxyl groups is 1. The van der Waals surface area contributed by atoms with E-state index >= 15 is 0 Å². The van der Waals surface area contributed by atoms with Gasteiger partial charge in [-0.3, -0.25) is 0 Å². The lowest BCUT2D eigenvalue weighted by Crippen LogP contribution is -2.54. The molecule has 6 heteroatoms. The van der Waals surface area contributed by atoms with Gasteiger partial charge in [0.25, 0.3) is 0 Å². The number of nitrogens with zero attached hydrogens (tertiary/aromatic N) is 1. The fourth-order valence-electron chi connectivity index (χ4n) is 2.14. The molecule has 6 nitrogen and oxygen atoms in total. The number of carbonyl (C=O) groups is 1. The molecule has 2 N–H and O–H groups in total. The maximum atomic E-state index is 11.8. The third kappa shape index (κ3) is 4.18. The van der Waals surface area contributed by atoms with Crippen LogP contribution in [0.25, 0.3) is 0 Å². The number of alkyl carbamates (subject to hydrolysis) is 1. The molecule has 21 heavy (non-hydrogen) atoms.